The Balaban J connectivity index is 1.49. The van der Waals surface area contributed by atoms with Crippen LogP contribution in [0.3, 0.4) is 0 Å². The molecule has 2 aliphatic rings. The summed E-state index contributed by atoms with van der Waals surface area (Å²) in [5.41, 5.74) is 3.16. The molecule has 33 heavy (non-hydrogen) atoms. The summed E-state index contributed by atoms with van der Waals surface area (Å²) in [6, 6.07) is 12.9. The van der Waals surface area contributed by atoms with Gasteiger partial charge < -0.3 is 25.5 Å². The van der Waals surface area contributed by atoms with Crippen molar-refractivity contribution in [3.05, 3.63) is 76.8 Å². The van der Waals surface area contributed by atoms with E-state index in [1.54, 1.807) is 6.07 Å². The molecule has 2 heterocycles. The molecular formula is C26H28ClN3O3. The number of amides is 1. The Bertz CT molecular complexity index is 1200. The number of fused-ring (bicyclic) bond motifs is 4. The lowest BCUT2D eigenvalue weighted by atomic mass is 9.74. The lowest BCUT2D eigenvalue weighted by Crippen LogP contribution is -2.48. The summed E-state index contributed by atoms with van der Waals surface area (Å²) in [6.07, 6.45) is 5.81. The van der Waals surface area contributed by atoms with Gasteiger partial charge >= 0.3 is 0 Å². The van der Waals surface area contributed by atoms with Crippen molar-refractivity contribution in [3.8, 4) is 0 Å². The Labute approximate surface area is 198 Å². The third kappa shape index (κ3) is 4.09. The van der Waals surface area contributed by atoms with E-state index in [0.29, 0.717) is 17.0 Å². The van der Waals surface area contributed by atoms with Crippen molar-refractivity contribution in [1.29, 1.82) is 0 Å². The van der Waals surface area contributed by atoms with Gasteiger partial charge in [-0.15, -0.1) is 0 Å². The second kappa shape index (κ2) is 8.76. The standard InChI is InChI=1S/C26H28ClN3O3/c1-16-28-23-20(27)13-18-14-21(25(32)29-19(15-31)12-17-8-4-2-5-9-17)33-24(18)22(23)26(30-16)10-6-3-7-11-26/h2,4-5,8-9,13-14,19,28,30-31H,1,3,6-7,10-12,15H2,(H,29,32). The minimum absolute atomic E-state index is 0.166. The number of aliphatic hydroxyl groups is 1. The molecule has 0 bridgehead atoms. The van der Waals surface area contributed by atoms with Crippen LogP contribution in [-0.2, 0) is 12.0 Å². The SMILES string of the molecule is C=C1Nc2c(Cl)cc3cc(C(=O)NC(CO)Cc4ccccc4)oc3c2C2(CCCCC2)N1. The first-order valence-corrected chi connectivity index (χ1v) is 11.8. The van der Waals surface area contributed by atoms with Gasteiger partial charge in [0, 0.05) is 10.9 Å². The number of carbonyl (C=O) groups excluding carboxylic acids is 1. The Hall–Kier alpha value is -2.96. The third-order valence-corrected chi connectivity index (χ3v) is 7.01. The monoisotopic (exact) mass is 465 g/mol. The minimum atomic E-state index is -0.415. The molecule has 7 heteroatoms. The zero-order chi connectivity index (χ0) is 23.0. The maximum atomic E-state index is 13.1. The van der Waals surface area contributed by atoms with Gasteiger partial charge in [0.1, 0.15) is 5.58 Å². The summed E-state index contributed by atoms with van der Waals surface area (Å²) >= 11 is 6.67. The number of rotatable bonds is 5. The summed E-state index contributed by atoms with van der Waals surface area (Å²) in [6.45, 7) is 3.93. The third-order valence-electron chi connectivity index (χ3n) is 6.71. The van der Waals surface area contributed by atoms with Crippen LogP contribution in [0.2, 0.25) is 5.02 Å². The topological polar surface area (TPSA) is 86.5 Å². The van der Waals surface area contributed by atoms with E-state index in [1.807, 2.05) is 36.4 Å². The molecule has 172 valence electrons. The molecule has 5 rings (SSSR count). The molecule has 1 spiro atoms. The summed E-state index contributed by atoms with van der Waals surface area (Å²) in [5, 5.41) is 20.9. The van der Waals surface area contributed by atoms with Gasteiger partial charge in [-0.3, -0.25) is 4.79 Å². The fourth-order valence-electron chi connectivity index (χ4n) is 5.22. The summed E-state index contributed by atoms with van der Waals surface area (Å²) in [7, 11) is 0. The van der Waals surface area contributed by atoms with Crippen molar-refractivity contribution in [2.75, 3.05) is 11.9 Å². The van der Waals surface area contributed by atoms with Crippen LogP contribution in [0.1, 0.15) is 53.8 Å². The zero-order valence-electron chi connectivity index (χ0n) is 18.4. The molecule has 1 amide bonds. The average Bonchev–Trinajstić information content (AvgIpc) is 3.23. The summed E-state index contributed by atoms with van der Waals surface area (Å²) < 4.78 is 6.18. The first-order valence-electron chi connectivity index (χ1n) is 11.5. The quantitative estimate of drug-likeness (QED) is 0.423. The molecule has 3 aromatic rings. The molecule has 4 N–H and O–H groups in total. The van der Waals surface area contributed by atoms with Crippen LogP contribution in [0.15, 0.2) is 59.3 Å². The highest BCUT2D eigenvalue weighted by Gasteiger charge is 2.42. The highest BCUT2D eigenvalue weighted by atomic mass is 35.5. The van der Waals surface area contributed by atoms with Gasteiger partial charge in [0.25, 0.3) is 5.91 Å². The van der Waals surface area contributed by atoms with Crippen molar-refractivity contribution in [2.24, 2.45) is 0 Å². The molecule has 1 unspecified atom stereocenters. The maximum absolute atomic E-state index is 13.1. The molecular weight excluding hydrogens is 438 g/mol. The van der Waals surface area contributed by atoms with Crippen molar-refractivity contribution in [3.63, 3.8) is 0 Å². The number of nitrogens with one attached hydrogen (secondary N) is 3. The van der Waals surface area contributed by atoms with Crippen molar-refractivity contribution in [2.45, 2.75) is 50.1 Å². The van der Waals surface area contributed by atoms with E-state index >= 15 is 0 Å². The van der Waals surface area contributed by atoms with E-state index in [9.17, 15) is 9.90 Å². The fraction of sp³-hybridized carbons (Fsp3) is 0.346. The Morgan fingerprint density at radius 1 is 1.21 bits per heavy atom. The van der Waals surface area contributed by atoms with Crippen LogP contribution in [0.25, 0.3) is 11.0 Å². The van der Waals surface area contributed by atoms with E-state index in [0.717, 1.165) is 53.7 Å². The van der Waals surface area contributed by atoms with Crippen molar-refractivity contribution >= 4 is 34.2 Å². The fourth-order valence-corrected chi connectivity index (χ4v) is 5.48. The van der Waals surface area contributed by atoms with Gasteiger partial charge in [0.15, 0.2) is 5.76 Å². The predicted octanol–water partition coefficient (Wildman–Crippen LogP) is 5.07. The molecule has 1 saturated carbocycles. The van der Waals surface area contributed by atoms with E-state index < -0.39 is 6.04 Å². The molecule has 2 aromatic carbocycles. The summed E-state index contributed by atoms with van der Waals surface area (Å²) in [5.74, 6) is 0.572. The molecule has 1 aliphatic carbocycles. The Morgan fingerprint density at radius 2 is 1.97 bits per heavy atom. The van der Waals surface area contributed by atoms with E-state index in [1.165, 1.54) is 6.42 Å². The maximum Gasteiger partial charge on any atom is 0.287 e. The van der Waals surface area contributed by atoms with Crippen LogP contribution < -0.4 is 16.0 Å². The molecule has 1 fully saturated rings. The Morgan fingerprint density at radius 3 is 2.70 bits per heavy atom. The van der Waals surface area contributed by atoms with E-state index in [-0.39, 0.29) is 23.8 Å². The largest absolute Gasteiger partial charge is 0.450 e. The second-order valence-electron chi connectivity index (χ2n) is 9.05. The van der Waals surface area contributed by atoms with Crippen molar-refractivity contribution in [1.82, 2.24) is 10.6 Å². The van der Waals surface area contributed by atoms with Crippen LogP contribution in [0.5, 0.6) is 0 Å². The number of benzene rings is 2. The molecule has 1 atom stereocenters. The van der Waals surface area contributed by atoms with Crippen LogP contribution in [0.4, 0.5) is 5.69 Å². The zero-order valence-corrected chi connectivity index (χ0v) is 19.2. The number of carbonyl (C=O) groups is 1. The number of hydrogen-bond donors (Lipinski definition) is 4. The molecule has 0 saturated heterocycles. The number of anilines is 1. The van der Waals surface area contributed by atoms with Gasteiger partial charge in [0.2, 0.25) is 0 Å². The number of furan rings is 1. The normalized spacial score (nSPS) is 17.8. The first-order chi connectivity index (χ1) is 16.0. The van der Waals surface area contributed by atoms with E-state index in [2.05, 4.69) is 22.5 Å². The Kier molecular flexibility index (Phi) is 5.81. The highest BCUT2D eigenvalue weighted by Crippen LogP contribution is 2.49. The minimum Gasteiger partial charge on any atom is -0.450 e. The number of halogens is 1. The molecule has 0 radical (unpaired) electrons. The number of hydrogen-bond acceptors (Lipinski definition) is 5. The second-order valence-corrected chi connectivity index (χ2v) is 9.46. The predicted molar refractivity (Wildman–Crippen MR) is 130 cm³/mol. The summed E-state index contributed by atoms with van der Waals surface area (Å²) in [4.78, 5) is 13.1. The van der Waals surface area contributed by atoms with Crippen LogP contribution in [0, 0.1) is 0 Å². The lowest BCUT2D eigenvalue weighted by molar-refractivity contribution is 0.0890. The molecule has 1 aliphatic heterocycles. The first kappa shape index (κ1) is 21.9. The van der Waals surface area contributed by atoms with E-state index in [4.69, 9.17) is 16.0 Å². The van der Waals surface area contributed by atoms with Gasteiger partial charge in [0.05, 0.1) is 34.7 Å². The molecule has 6 nitrogen and oxygen atoms in total. The van der Waals surface area contributed by atoms with Gasteiger partial charge in [-0.1, -0.05) is 67.8 Å². The van der Waals surface area contributed by atoms with Gasteiger partial charge in [-0.2, -0.15) is 0 Å². The number of aliphatic hydroxyl groups excluding tert-OH is 1. The van der Waals surface area contributed by atoms with Crippen molar-refractivity contribution < 1.29 is 14.3 Å². The lowest BCUT2D eigenvalue weighted by Gasteiger charge is -2.44. The average molecular weight is 466 g/mol. The van der Waals surface area contributed by atoms with Crippen LogP contribution in [-0.4, -0.2) is 23.7 Å². The van der Waals surface area contributed by atoms with Gasteiger partial charge in [-0.25, -0.2) is 0 Å². The molecule has 1 aromatic heterocycles. The highest BCUT2D eigenvalue weighted by molar-refractivity contribution is 6.34. The smallest absolute Gasteiger partial charge is 0.287 e. The van der Waals surface area contributed by atoms with Gasteiger partial charge in [-0.05, 0) is 37.0 Å². The van der Waals surface area contributed by atoms with Crippen LogP contribution >= 0.6 is 11.6 Å².